The lowest BCUT2D eigenvalue weighted by atomic mass is 9.73. The van der Waals surface area contributed by atoms with Crippen LogP contribution in [-0.4, -0.2) is 58.1 Å². The van der Waals surface area contributed by atoms with Crippen molar-refractivity contribution in [2.45, 2.75) is 38.0 Å². The van der Waals surface area contributed by atoms with E-state index in [0.717, 1.165) is 66.8 Å². The molecule has 0 atom stereocenters. The number of nitrogens with zero attached hydrogens (tertiary/aromatic N) is 3. The van der Waals surface area contributed by atoms with Crippen LogP contribution in [0.15, 0.2) is 90.0 Å². The number of carbonyl (C=O) groups is 2. The number of aryl methyl sites for hydroxylation is 2. The maximum absolute atomic E-state index is 14.6. The number of thiophene rings is 1. The van der Waals surface area contributed by atoms with E-state index >= 15 is 0 Å². The number of fused-ring (bicyclic) bond motifs is 3. The van der Waals surface area contributed by atoms with E-state index in [-0.39, 0.29) is 22.1 Å². The number of nitrogens with one attached hydrogen (secondary N) is 2. The summed E-state index contributed by atoms with van der Waals surface area (Å²) in [5, 5.41) is 3.37. The molecule has 3 aliphatic rings. The molecule has 2 N–H and O–H groups in total. The van der Waals surface area contributed by atoms with Crippen molar-refractivity contribution in [3.63, 3.8) is 0 Å². The first kappa shape index (κ1) is 34.9. The van der Waals surface area contributed by atoms with Crippen LogP contribution < -0.4 is 19.8 Å². The van der Waals surface area contributed by atoms with Gasteiger partial charge >= 0.3 is 0 Å². The number of carbonyl (C=O) groups excluding carboxylic acids is 2. The van der Waals surface area contributed by atoms with Crippen LogP contribution in [0.25, 0.3) is 10.4 Å². The fourth-order valence-electron chi connectivity index (χ4n) is 7.56. The van der Waals surface area contributed by atoms with Crippen molar-refractivity contribution >= 4 is 55.4 Å². The van der Waals surface area contributed by atoms with E-state index in [2.05, 4.69) is 19.9 Å². The van der Waals surface area contributed by atoms with E-state index in [0.29, 0.717) is 51.8 Å². The molecule has 0 bridgehead atoms. The summed E-state index contributed by atoms with van der Waals surface area (Å²) in [6.45, 7) is 7.07. The molecule has 53 heavy (non-hydrogen) atoms. The summed E-state index contributed by atoms with van der Waals surface area (Å²) in [5.41, 5.74) is 5.33. The number of sulfonamides is 1. The molecule has 1 spiro atoms. The van der Waals surface area contributed by atoms with Gasteiger partial charge in [-0.25, -0.2) is 17.8 Å². The number of hydrogen-bond donors (Lipinski definition) is 2. The number of para-hydroxylation sites is 1. The molecule has 2 aromatic heterocycles. The Kier molecular flexibility index (Phi) is 9.04. The second-order valence-corrected chi connectivity index (χ2v) is 16.7. The Morgan fingerprint density at radius 1 is 0.962 bits per heavy atom. The highest BCUT2D eigenvalue weighted by molar-refractivity contribution is 7.93. The van der Waals surface area contributed by atoms with Gasteiger partial charge in [-0.05, 0) is 98.3 Å². The maximum Gasteiger partial charge on any atom is 0.265 e. The highest BCUT2D eigenvalue weighted by atomic mass is 32.2. The number of benzene rings is 3. The zero-order valence-corrected chi connectivity index (χ0v) is 31.0. The van der Waals surface area contributed by atoms with Crippen LogP contribution in [0.1, 0.15) is 50.2 Å². The minimum Gasteiger partial charge on any atom is -0.381 e. The molecule has 5 aromatic rings. The monoisotopic (exact) mass is 751 g/mol. The van der Waals surface area contributed by atoms with Gasteiger partial charge in [0.05, 0.1) is 11.3 Å². The minimum absolute atomic E-state index is 0.202. The summed E-state index contributed by atoms with van der Waals surface area (Å²) in [6.07, 6.45) is 4.29. The number of ether oxygens (including phenoxy) is 1. The smallest absolute Gasteiger partial charge is 0.265 e. The topological polar surface area (TPSA) is 121 Å². The molecular weight excluding hydrogens is 714 g/mol. The summed E-state index contributed by atoms with van der Waals surface area (Å²) in [6, 6.07) is 22.2. The zero-order valence-electron chi connectivity index (χ0n) is 29.3. The van der Waals surface area contributed by atoms with Gasteiger partial charge in [0.1, 0.15) is 21.5 Å². The van der Waals surface area contributed by atoms with Crippen molar-refractivity contribution in [1.82, 2.24) is 4.98 Å². The van der Waals surface area contributed by atoms with Gasteiger partial charge in [-0.15, -0.1) is 11.3 Å². The Morgan fingerprint density at radius 3 is 2.47 bits per heavy atom. The molecule has 0 saturated carbocycles. The van der Waals surface area contributed by atoms with Crippen LogP contribution in [0, 0.1) is 25.1 Å². The Balaban J connectivity index is 0.983. The lowest BCUT2D eigenvalue weighted by molar-refractivity contribution is -0.000510. The average molecular weight is 752 g/mol. The SMILES string of the molecule is Cc1cnc(N2CC3(CCOCC3)C2)c(C(=O)Nc2ccc(C(=O)N3CCc4cc(NS(=O)(=O)c5c(C)cccc5F)sc4-c4ccccc43)cc2)c1. The van der Waals surface area contributed by atoms with Gasteiger partial charge in [-0.3, -0.25) is 14.3 Å². The lowest BCUT2D eigenvalue weighted by Gasteiger charge is -2.53. The van der Waals surface area contributed by atoms with Crippen molar-refractivity contribution in [2.75, 3.05) is 52.7 Å². The molecule has 10 nitrogen and oxygen atoms in total. The number of hydrogen-bond acceptors (Lipinski definition) is 8. The molecule has 0 radical (unpaired) electrons. The molecule has 8 rings (SSSR count). The first-order valence-corrected chi connectivity index (χ1v) is 19.8. The summed E-state index contributed by atoms with van der Waals surface area (Å²) in [5.74, 6) is -0.600. The molecule has 3 aromatic carbocycles. The molecular formula is C40H38FN5O5S2. The first-order valence-electron chi connectivity index (χ1n) is 17.5. The molecule has 0 aliphatic carbocycles. The number of rotatable bonds is 7. The van der Waals surface area contributed by atoms with Crippen molar-refractivity contribution in [1.29, 1.82) is 0 Å². The van der Waals surface area contributed by atoms with Crippen LogP contribution in [-0.2, 0) is 21.2 Å². The highest BCUT2D eigenvalue weighted by Crippen LogP contribution is 2.45. The second-order valence-electron chi connectivity index (χ2n) is 14.1. The third-order valence-electron chi connectivity index (χ3n) is 10.3. The Bertz CT molecular complexity index is 2330. The number of pyridine rings is 1. The van der Waals surface area contributed by atoms with E-state index < -0.39 is 15.8 Å². The fourth-order valence-corrected chi connectivity index (χ4v) is 10.3. The van der Waals surface area contributed by atoms with Gasteiger partial charge < -0.3 is 19.9 Å². The summed E-state index contributed by atoms with van der Waals surface area (Å²) in [7, 11) is -4.17. The predicted molar refractivity (Wildman–Crippen MR) is 205 cm³/mol. The van der Waals surface area contributed by atoms with E-state index in [1.54, 1.807) is 54.4 Å². The maximum atomic E-state index is 14.6. The van der Waals surface area contributed by atoms with Crippen LogP contribution in [0.3, 0.4) is 0 Å². The van der Waals surface area contributed by atoms with Gasteiger partial charge in [0.25, 0.3) is 21.8 Å². The van der Waals surface area contributed by atoms with Crippen LogP contribution in [0.5, 0.6) is 0 Å². The molecule has 0 unspecified atom stereocenters. The second kappa shape index (κ2) is 13.7. The Labute approximate surface area is 311 Å². The normalized spacial score (nSPS) is 16.3. The third-order valence-corrected chi connectivity index (χ3v) is 13.1. The van der Waals surface area contributed by atoms with Crippen LogP contribution in [0.2, 0.25) is 0 Å². The summed E-state index contributed by atoms with van der Waals surface area (Å²) < 4.78 is 49.1. The lowest BCUT2D eigenvalue weighted by Crippen LogP contribution is -2.59. The van der Waals surface area contributed by atoms with Gasteiger partial charge in [-0.2, -0.15) is 0 Å². The van der Waals surface area contributed by atoms with Crippen LogP contribution in [0.4, 0.5) is 26.6 Å². The van der Waals surface area contributed by atoms with E-state index in [1.165, 1.54) is 17.4 Å². The van der Waals surface area contributed by atoms with E-state index in [4.69, 9.17) is 4.74 Å². The molecule has 2 fully saturated rings. The summed E-state index contributed by atoms with van der Waals surface area (Å²) in [4.78, 5) is 36.6. The molecule has 272 valence electrons. The first-order chi connectivity index (χ1) is 25.5. The molecule has 2 amide bonds. The molecule has 13 heteroatoms. The van der Waals surface area contributed by atoms with Crippen molar-refractivity contribution in [3.8, 4) is 10.4 Å². The van der Waals surface area contributed by atoms with Gasteiger partial charge in [0.15, 0.2) is 0 Å². The molecule has 3 aliphatic heterocycles. The largest absolute Gasteiger partial charge is 0.381 e. The molecule has 5 heterocycles. The average Bonchev–Trinajstić information content (AvgIpc) is 3.45. The quantitative estimate of drug-likeness (QED) is 0.177. The molecule has 2 saturated heterocycles. The van der Waals surface area contributed by atoms with Gasteiger partial charge in [0, 0.05) is 66.2 Å². The Hall–Kier alpha value is -5.11. The number of aromatic nitrogens is 1. The highest BCUT2D eigenvalue weighted by Gasteiger charge is 2.45. The third kappa shape index (κ3) is 6.68. The van der Waals surface area contributed by atoms with E-state index in [9.17, 15) is 22.4 Å². The van der Waals surface area contributed by atoms with Gasteiger partial charge in [-0.1, -0.05) is 30.3 Å². The zero-order chi connectivity index (χ0) is 36.9. The van der Waals surface area contributed by atoms with Crippen molar-refractivity contribution in [3.05, 3.63) is 119 Å². The van der Waals surface area contributed by atoms with E-state index in [1.807, 2.05) is 37.3 Å². The summed E-state index contributed by atoms with van der Waals surface area (Å²) >= 11 is 1.25. The standard InChI is InChI=1S/C40H38FN5O5S2/c1-25-20-31(37(42-22-25)45-23-40(24-45)15-18-51-19-16-40)38(47)43-29-12-10-27(11-13-29)39(48)46-17-14-28-21-34(52-35(28)30-7-3-4-9-33(30)46)44-53(49,50)36-26(2)6-5-8-32(36)41/h3-13,20-22,44H,14-19,23-24H2,1-2H3,(H,43,47). The van der Waals surface area contributed by atoms with Gasteiger partial charge in [0.2, 0.25) is 0 Å². The van der Waals surface area contributed by atoms with Crippen molar-refractivity contribution in [2.24, 2.45) is 5.41 Å². The van der Waals surface area contributed by atoms with Crippen molar-refractivity contribution < 1.29 is 27.1 Å². The Morgan fingerprint density at radius 2 is 1.72 bits per heavy atom. The number of amides is 2. The fraction of sp³-hybridized carbons (Fsp3) is 0.275. The number of anilines is 4. The number of halogens is 1. The minimum atomic E-state index is -4.17. The van der Waals surface area contributed by atoms with Crippen LogP contribution >= 0.6 is 11.3 Å². The predicted octanol–water partition coefficient (Wildman–Crippen LogP) is 7.44.